The number of hydrogen-bond acceptors (Lipinski definition) is 5. The zero-order chi connectivity index (χ0) is 26.5. The Morgan fingerprint density at radius 1 is 0.410 bits per heavy atom. The van der Waals surface area contributed by atoms with Crippen molar-refractivity contribution >= 4 is 11.8 Å². The normalized spacial score (nSPS) is 21.3. The molecule has 1 aliphatic rings. The molecular formula is C34H36O4S. The van der Waals surface area contributed by atoms with Crippen LogP contribution in [0.4, 0.5) is 0 Å². The molecule has 0 bridgehead atoms. The maximum atomic E-state index is 6.69. The van der Waals surface area contributed by atoms with Gasteiger partial charge in [-0.15, -0.1) is 0 Å². The molecule has 5 rings (SSSR count). The lowest BCUT2D eigenvalue weighted by Crippen LogP contribution is -2.49. The summed E-state index contributed by atoms with van der Waals surface area (Å²) in [6, 6.07) is 41.2. The van der Waals surface area contributed by atoms with E-state index in [4.69, 9.17) is 18.9 Å². The maximum absolute atomic E-state index is 6.69. The van der Waals surface area contributed by atoms with E-state index in [0.29, 0.717) is 26.4 Å². The van der Waals surface area contributed by atoms with E-state index in [1.807, 2.05) is 84.6 Å². The van der Waals surface area contributed by atoms with Crippen molar-refractivity contribution in [3.63, 3.8) is 0 Å². The molecule has 0 aromatic heterocycles. The van der Waals surface area contributed by atoms with Crippen LogP contribution in [0, 0.1) is 0 Å². The minimum absolute atomic E-state index is 0.148. The van der Waals surface area contributed by atoms with Crippen molar-refractivity contribution in [2.24, 2.45) is 0 Å². The summed E-state index contributed by atoms with van der Waals surface area (Å²) in [5.74, 6) is 1.62. The highest BCUT2D eigenvalue weighted by Crippen LogP contribution is 2.30. The van der Waals surface area contributed by atoms with Crippen molar-refractivity contribution in [2.45, 2.75) is 50.8 Å². The Kier molecular flexibility index (Phi) is 10.6. The molecule has 0 aliphatic carbocycles. The molecule has 1 aliphatic heterocycles. The number of thioether (sulfide) groups is 1. The molecule has 4 aromatic rings. The molecule has 39 heavy (non-hydrogen) atoms. The third kappa shape index (κ3) is 8.53. The average molecular weight is 541 g/mol. The van der Waals surface area contributed by atoms with Gasteiger partial charge in [-0.3, -0.25) is 0 Å². The van der Waals surface area contributed by atoms with E-state index in [1.54, 1.807) is 0 Å². The zero-order valence-corrected chi connectivity index (χ0v) is 23.0. The van der Waals surface area contributed by atoms with Gasteiger partial charge in [-0.2, -0.15) is 11.8 Å². The molecule has 4 atom stereocenters. The molecule has 0 spiro atoms. The van der Waals surface area contributed by atoms with Crippen molar-refractivity contribution in [2.75, 3.05) is 11.5 Å². The summed E-state index contributed by atoms with van der Waals surface area (Å²) in [4.78, 5) is 0. The van der Waals surface area contributed by atoms with Gasteiger partial charge in [0.25, 0.3) is 0 Å². The van der Waals surface area contributed by atoms with Gasteiger partial charge in [0.1, 0.15) is 12.2 Å². The van der Waals surface area contributed by atoms with E-state index < -0.39 is 0 Å². The van der Waals surface area contributed by atoms with Crippen LogP contribution in [0.3, 0.4) is 0 Å². The van der Waals surface area contributed by atoms with Crippen LogP contribution in [0.15, 0.2) is 121 Å². The summed E-state index contributed by atoms with van der Waals surface area (Å²) >= 11 is 1.84. The molecule has 0 unspecified atom stereocenters. The Hall–Kier alpha value is -2.93. The van der Waals surface area contributed by atoms with Gasteiger partial charge in [0.15, 0.2) is 0 Å². The van der Waals surface area contributed by atoms with E-state index in [-0.39, 0.29) is 24.4 Å². The van der Waals surface area contributed by atoms with Crippen LogP contribution in [0.25, 0.3) is 0 Å². The van der Waals surface area contributed by atoms with Crippen molar-refractivity contribution in [3.8, 4) is 0 Å². The smallest absolute Gasteiger partial charge is 0.114 e. The molecule has 5 heteroatoms. The zero-order valence-electron chi connectivity index (χ0n) is 22.1. The lowest BCUT2D eigenvalue weighted by Gasteiger charge is -2.35. The molecule has 1 fully saturated rings. The summed E-state index contributed by atoms with van der Waals surface area (Å²) < 4.78 is 26.5. The second-order valence-electron chi connectivity index (χ2n) is 9.73. The minimum Gasteiger partial charge on any atom is -0.370 e. The van der Waals surface area contributed by atoms with Gasteiger partial charge in [-0.1, -0.05) is 121 Å². The van der Waals surface area contributed by atoms with Crippen molar-refractivity contribution in [1.82, 2.24) is 0 Å². The molecule has 1 heterocycles. The summed E-state index contributed by atoms with van der Waals surface area (Å²) in [5, 5.41) is 0. The van der Waals surface area contributed by atoms with Gasteiger partial charge < -0.3 is 18.9 Å². The fourth-order valence-corrected chi connectivity index (χ4v) is 5.86. The molecule has 0 N–H and O–H groups in total. The Balaban J connectivity index is 1.38. The van der Waals surface area contributed by atoms with E-state index in [0.717, 1.165) is 33.8 Å². The van der Waals surface area contributed by atoms with E-state index in [1.165, 1.54) is 0 Å². The van der Waals surface area contributed by atoms with Gasteiger partial charge >= 0.3 is 0 Å². The van der Waals surface area contributed by atoms with Gasteiger partial charge in [0, 0.05) is 11.5 Å². The van der Waals surface area contributed by atoms with E-state index >= 15 is 0 Å². The molecule has 1 saturated heterocycles. The number of hydrogen-bond donors (Lipinski definition) is 0. The first kappa shape index (κ1) is 27.6. The van der Waals surface area contributed by atoms with Crippen molar-refractivity contribution < 1.29 is 18.9 Å². The SMILES string of the molecule is c1ccc(CO[C@H]2[C@H](OCc3ccccc3)[C@H](OCc3ccccc3)CSC[C@H]2OCc2ccccc2)cc1. The van der Waals surface area contributed by atoms with Crippen molar-refractivity contribution in [3.05, 3.63) is 144 Å². The van der Waals surface area contributed by atoms with Crippen LogP contribution in [0.1, 0.15) is 22.3 Å². The highest BCUT2D eigenvalue weighted by atomic mass is 32.2. The van der Waals surface area contributed by atoms with Gasteiger partial charge in [-0.25, -0.2) is 0 Å². The average Bonchev–Trinajstić information content (AvgIpc) is 3.17. The maximum Gasteiger partial charge on any atom is 0.114 e. The molecular weight excluding hydrogens is 504 g/mol. The van der Waals surface area contributed by atoms with Crippen LogP contribution < -0.4 is 0 Å². The number of ether oxygens (including phenoxy) is 4. The summed E-state index contributed by atoms with van der Waals surface area (Å²) in [5.41, 5.74) is 4.54. The molecule has 4 nitrogen and oxygen atoms in total. The predicted molar refractivity (Wildman–Crippen MR) is 157 cm³/mol. The lowest BCUT2D eigenvalue weighted by molar-refractivity contribution is -0.179. The monoisotopic (exact) mass is 540 g/mol. The highest BCUT2D eigenvalue weighted by molar-refractivity contribution is 7.99. The van der Waals surface area contributed by atoms with Crippen LogP contribution in [-0.4, -0.2) is 35.9 Å². The molecule has 0 amide bonds. The minimum atomic E-state index is -0.298. The van der Waals surface area contributed by atoms with Gasteiger partial charge in [0.05, 0.1) is 38.6 Å². The van der Waals surface area contributed by atoms with Crippen LogP contribution in [-0.2, 0) is 45.4 Å². The third-order valence-electron chi connectivity index (χ3n) is 6.81. The highest BCUT2D eigenvalue weighted by Gasteiger charge is 2.41. The molecule has 4 aromatic carbocycles. The van der Waals surface area contributed by atoms with Crippen LogP contribution in [0.2, 0.25) is 0 Å². The molecule has 0 saturated carbocycles. The van der Waals surface area contributed by atoms with E-state index in [9.17, 15) is 0 Å². The van der Waals surface area contributed by atoms with Crippen LogP contribution >= 0.6 is 11.8 Å². The summed E-state index contributed by atoms with van der Waals surface area (Å²) in [6.45, 7) is 2.02. The fourth-order valence-electron chi connectivity index (χ4n) is 4.69. The second kappa shape index (κ2) is 15.0. The number of benzene rings is 4. The Morgan fingerprint density at radius 2 is 0.692 bits per heavy atom. The standard InChI is InChI=1S/C34H36O4S/c1-5-13-27(14-6-1)21-35-31-25-39-26-32(36-22-28-15-7-2-8-16-28)34(38-24-30-19-11-4-12-20-30)33(31)37-23-29-17-9-3-10-18-29/h1-20,31-34H,21-26H2/t31-,32-,33-,34-/m1/s1. The molecule has 0 radical (unpaired) electrons. The van der Waals surface area contributed by atoms with E-state index in [2.05, 4.69) is 48.5 Å². The Labute approximate surface area is 236 Å². The van der Waals surface area contributed by atoms with Gasteiger partial charge in [0.2, 0.25) is 0 Å². The number of rotatable bonds is 12. The summed E-state index contributed by atoms with van der Waals surface area (Å²) in [7, 11) is 0. The summed E-state index contributed by atoms with van der Waals surface area (Å²) in [6.07, 6.45) is -0.892. The van der Waals surface area contributed by atoms with Crippen molar-refractivity contribution in [1.29, 1.82) is 0 Å². The topological polar surface area (TPSA) is 36.9 Å². The first-order chi connectivity index (χ1) is 19.3. The predicted octanol–water partition coefficient (Wildman–Crippen LogP) is 7.07. The first-order valence-electron chi connectivity index (χ1n) is 13.5. The van der Waals surface area contributed by atoms with Crippen LogP contribution in [0.5, 0.6) is 0 Å². The van der Waals surface area contributed by atoms with Gasteiger partial charge in [-0.05, 0) is 22.3 Å². The second-order valence-corrected chi connectivity index (χ2v) is 10.8. The fraction of sp³-hybridized carbons (Fsp3) is 0.294. The Bertz CT molecular complexity index is 1110. The first-order valence-corrected chi connectivity index (χ1v) is 14.7. The third-order valence-corrected chi connectivity index (χ3v) is 7.93. The Morgan fingerprint density at radius 3 is 1.00 bits per heavy atom. The largest absolute Gasteiger partial charge is 0.370 e. The quantitative estimate of drug-likeness (QED) is 0.192. The molecule has 202 valence electrons. The lowest BCUT2D eigenvalue weighted by atomic mass is 10.0.